The quantitative estimate of drug-likeness (QED) is 0.529. The number of rotatable bonds is 0. The highest BCUT2D eigenvalue weighted by Crippen LogP contribution is 2.43. The van der Waals surface area contributed by atoms with Gasteiger partial charge in [-0.25, -0.2) is 0 Å². The van der Waals surface area contributed by atoms with Gasteiger partial charge in [0, 0.05) is 23.0 Å². The Labute approximate surface area is 83.5 Å². The summed E-state index contributed by atoms with van der Waals surface area (Å²) in [6, 6.07) is 0. The van der Waals surface area contributed by atoms with Gasteiger partial charge in [-0.1, -0.05) is 36.5 Å². The van der Waals surface area contributed by atoms with Gasteiger partial charge in [-0.15, -0.1) is 0 Å². The molecule has 1 fully saturated rings. The van der Waals surface area contributed by atoms with Gasteiger partial charge in [0.1, 0.15) is 0 Å². The van der Waals surface area contributed by atoms with Crippen molar-refractivity contribution < 1.29 is 4.79 Å². The fraction of sp³-hybridized carbons (Fsp3) is 0.308. The van der Waals surface area contributed by atoms with Gasteiger partial charge in [-0.2, -0.15) is 0 Å². The lowest BCUT2D eigenvalue weighted by Gasteiger charge is -2.16. The van der Waals surface area contributed by atoms with Gasteiger partial charge < -0.3 is 0 Å². The summed E-state index contributed by atoms with van der Waals surface area (Å²) in [5.41, 5.74) is 2.05. The van der Waals surface area contributed by atoms with Crippen molar-refractivity contribution in [3.8, 4) is 0 Å². The maximum atomic E-state index is 12.0. The largest absolute Gasteiger partial charge is 0.289 e. The highest BCUT2D eigenvalue weighted by molar-refractivity contribution is 6.12. The summed E-state index contributed by atoms with van der Waals surface area (Å²) < 4.78 is 0. The highest BCUT2D eigenvalue weighted by Gasteiger charge is 2.40. The predicted octanol–water partition coefficient (Wildman–Crippen LogP) is 2.57. The van der Waals surface area contributed by atoms with E-state index in [0.29, 0.717) is 11.8 Å². The van der Waals surface area contributed by atoms with Crippen molar-refractivity contribution >= 4 is 5.78 Å². The first-order valence-electron chi connectivity index (χ1n) is 5.16. The summed E-state index contributed by atoms with van der Waals surface area (Å²) in [4.78, 5) is 12.0. The lowest BCUT2D eigenvalue weighted by atomic mass is 9.86. The van der Waals surface area contributed by atoms with Crippen LogP contribution in [0.15, 0.2) is 47.6 Å². The van der Waals surface area contributed by atoms with E-state index in [9.17, 15) is 4.79 Å². The zero-order valence-corrected chi connectivity index (χ0v) is 7.94. The van der Waals surface area contributed by atoms with Crippen LogP contribution in [0.2, 0.25) is 0 Å². The van der Waals surface area contributed by atoms with E-state index in [-0.39, 0.29) is 5.78 Å². The van der Waals surface area contributed by atoms with Crippen LogP contribution in [0.3, 0.4) is 0 Å². The fourth-order valence-corrected chi connectivity index (χ4v) is 2.60. The number of allylic oxidation sites excluding steroid dienone is 8. The number of fused-ring (bicyclic) bond motifs is 3. The lowest BCUT2D eigenvalue weighted by Crippen LogP contribution is -2.08. The summed E-state index contributed by atoms with van der Waals surface area (Å²) in [5.74, 6) is 0.951. The number of carbonyl (C=O) groups excluding carboxylic acids is 1. The van der Waals surface area contributed by atoms with Gasteiger partial charge in [-0.05, 0) is 12.8 Å². The van der Waals surface area contributed by atoms with E-state index in [4.69, 9.17) is 0 Å². The van der Waals surface area contributed by atoms with E-state index in [1.807, 2.05) is 0 Å². The van der Waals surface area contributed by atoms with E-state index in [0.717, 1.165) is 24.0 Å². The monoisotopic (exact) mass is 184 g/mol. The molecule has 0 aliphatic heterocycles. The molecule has 3 rings (SSSR count). The molecule has 0 saturated heterocycles. The smallest absolute Gasteiger partial charge is 0.185 e. The molecule has 14 heavy (non-hydrogen) atoms. The molecular formula is C13H12O. The average molecular weight is 184 g/mol. The Bertz CT molecular complexity index is 369. The standard InChI is InChI=1S/C13H12O/c14-13-11-7-3-1-5-9(11)10-6-2-4-8-12(10)13/h1-2,5-10H,3-4H2. The molecule has 0 heterocycles. The third-order valence-corrected chi connectivity index (χ3v) is 3.26. The number of hydrogen-bond donors (Lipinski definition) is 0. The molecule has 1 nitrogen and oxygen atoms in total. The maximum absolute atomic E-state index is 12.0. The molecule has 2 atom stereocenters. The Hall–Kier alpha value is -1.37. The molecule has 0 spiro atoms. The highest BCUT2D eigenvalue weighted by atomic mass is 16.1. The molecule has 0 amide bonds. The van der Waals surface area contributed by atoms with Crippen LogP contribution in [0.4, 0.5) is 0 Å². The van der Waals surface area contributed by atoms with Crippen molar-refractivity contribution in [1.29, 1.82) is 0 Å². The van der Waals surface area contributed by atoms with Crippen molar-refractivity contribution in [2.45, 2.75) is 12.8 Å². The normalized spacial score (nSPS) is 33.6. The van der Waals surface area contributed by atoms with Crippen molar-refractivity contribution in [3.05, 3.63) is 47.6 Å². The van der Waals surface area contributed by atoms with Crippen LogP contribution in [0.5, 0.6) is 0 Å². The first kappa shape index (κ1) is 7.98. The number of hydrogen-bond acceptors (Lipinski definition) is 1. The zero-order chi connectivity index (χ0) is 9.54. The second-order valence-corrected chi connectivity index (χ2v) is 4.03. The Morgan fingerprint density at radius 3 is 1.93 bits per heavy atom. The third-order valence-electron chi connectivity index (χ3n) is 3.26. The van der Waals surface area contributed by atoms with Gasteiger partial charge >= 0.3 is 0 Å². The molecule has 0 bridgehead atoms. The topological polar surface area (TPSA) is 17.1 Å². The minimum Gasteiger partial charge on any atom is -0.289 e. The van der Waals surface area contributed by atoms with Crippen molar-refractivity contribution in [2.75, 3.05) is 0 Å². The van der Waals surface area contributed by atoms with Crippen LogP contribution in [-0.2, 0) is 4.79 Å². The van der Waals surface area contributed by atoms with Gasteiger partial charge in [0.15, 0.2) is 5.78 Å². The Morgan fingerprint density at radius 1 is 0.929 bits per heavy atom. The molecule has 0 N–H and O–H groups in total. The molecule has 0 aromatic heterocycles. The fourth-order valence-electron chi connectivity index (χ4n) is 2.60. The van der Waals surface area contributed by atoms with E-state index in [1.165, 1.54) is 0 Å². The van der Waals surface area contributed by atoms with Crippen LogP contribution in [0.25, 0.3) is 0 Å². The Kier molecular flexibility index (Phi) is 1.60. The summed E-state index contributed by atoms with van der Waals surface area (Å²) in [6.07, 6.45) is 14.7. The molecule has 0 aromatic carbocycles. The molecule has 1 saturated carbocycles. The van der Waals surface area contributed by atoms with E-state index < -0.39 is 0 Å². The molecular weight excluding hydrogens is 172 g/mol. The summed E-state index contributed by atoms with van der Waals surface area (Å²) in [7, 11) is 0. The van der Waals surface area contributed by atoms with Gasteiger partial charge in [0.25, 0.3) is 0 Å². The second-order valence-electron chi connectivity index (χ2n) is 4.03. The van der Waals surface area contributed by atoms with Gasteiger partial charge in [0.2, 0.25) is 0 Å². The first-order valence-corrected chi connectivity index (χ1v) is 5.16. The summed E-state index contributed by atoms with van der Waals surface area (Å²) in [5, 5.41) is 0. The second kappa shape index (κ2) is 2.81. The van der Waals surface area contributed by atoms with Crippen molar-refractivity contribution in [1.82, 2.24) is 0 Å². The zero-order valence-electron chi connectivity index (χ0n) is 7.94. The van der Waals surface area contributed by atoms with E-state index in [2.05, 4.69) is 36.5 Å². The van der Waals surface area contributed by atoms with Crippen LogP contribution >= 0.6 is 0 Å². The molecule has 0 radical (unpaired) electrons. The van der Waals surface area contributed by atoms with Crippen LogP contribution in [0, 0.1) is 11.8 Å². The average Bonchev–Trinajstić information content (AvgIpc) is 2.55. The molecule has 3 aliphatic rings. The third kappa shape index (κ3) is 0.926. The van der Waals surface area contributed by atoms with Gasteiger partial charge in [0.05, 0.1) is 0 Å². The number of ketones is 1. The first-order chi connectivity index (χ1) is 6.88. The molecule has 1 heteroatoms. The van der Waals surface area contributed by atoms with Crippen LogP contribution in [0.1, 0.15) is 12.8 Å². The minimum atomic E-state index is 0.286. The maximum Gasteiger partial charge on any atom is 0.185 e. The SMILES string of the molecule is O=C1C2=CCC=CC2C2C=CCC=C12. The van der Waals surface area contributed by atoms with Crippen LogP contribution < -0.4 is 0 Å². The van der Waals surface area contributed by atoms with Gasteiger partial charge in [-0.3, -0.25) is 4.79 Å². The van der Waals surface area contributed by atoms with E-state index in [1.54, 1.807) is 0 Å². The molecule has 70 valence electrons. The summed E-state index contributed by atoms with van der Waals surface area (Å²) in [6.45, 7) is 0. The van der Waals surface area contributed by atoms with Crippen LogP contribution in [-0.4, -0.2) is 5.78 Å². The lowest BCUT2D eigenvalue weighted by molar-refractivity contribution is -0.111. The minimum absolute atomic E-state index is 0.286. The number of carbonyl (C=O) groups is 1. The number of Topliss-reactive ketones (excluding diaryl/α,β-unsaturated/α-hetero) is 1. The molecule has 0 aromatic rings. The Morgan fingerprint density at radius 2 is 1.43 bits per heavy atom. The predicted molar refractivity (Wildman–Crippen MR) is 55.7 cm³/mol. The van der Waals surface area contributed by atoms with Crippen molar-refractivity contribution in [3.63, 3.8) is 0 Å². The molecule has 3 aliphatic carbocycles. The molecule has 2 unspecified atom stereocenters. The Balaban J connectivity index is 2.12. The van der Waals surface area contributed by atoms with Crippen molar-refractivity contribution in [2.24, 2.45) is 11.8 Å². The van der Waals surface area contributed by atoms with E-state index >= 15 is 0 Å². The summed E-state index contributed by atoms with van der Waals surface area (Å²) >= 11 is 0.